The van der Waals surface area contributed by atoms with Crippen LogP contribution in [0.3, 0.4) is 0 Å². The molecule has 0 radical (unpaired) electrons. The van der Waals surface area contributed by atoms with Crippen LogP contribution in [0.1, 0.15) is 45.1 Å². The Balaban J connectivity index is 1.44. The molecule has 16 heteroatoms. The summed E-state index contributed by atoms with van der Waals surface area (Å²) in [6, 6.07) is 5.99. The second-order valence-electron chi connectivity index (χ2n) is 10.7. The van der Waals surface area contributed by atoms with E-state index in [2.05, 4.69) is 15.0 Å². The molecule has 7 atom stereocenters. The smallest absolute Gasteiger partial charge is 0.385 e. The number of ether oxygens (including phenoxy) is 1. The van der Waals surface area contributed by atoms with Crippen molar-refractivity contribution in [3.8, 4) is 0 Å². The average molecular weight is 611 g/mol. The number of carbonyl (C=O) groups is 1. The number of rotatable bonds is 8. The number of carbonyl (C=O) groups excluding carboxylic acids is 1. The van der Waals surface area contributed by atoms with E-state index in [4.69, 9.17) is 41.4 Å². The first kappa shape index (κ1) is 29.8. The summed E-state index contributed by atoms with van der Waals surface area (Å²) in [4.78, 5) is 36.8. The highest BCUT2D eigenvalue weighted by atomic mass is 35.5. The highest BCUT2D eigenvalue weighted by Crippen LogP contribution is 2.58. The maximum absolute atomic E-state index is 13.6. The minimum Gasteiger partial charge on any atom is -0.385 e. The van der Waals surface area contributed by atoms with Crippen LogP contribution in [0.4, 0.5) is 5.95 Å². The van der Waals surface area contributed by atoms with E-state index in [0.29, 0.717) is 17.0 Å². The third kappa shape index (κ3) is 5.71. The predicted octanol–water partition coefficient (Wildman–Crippen LogP) is 2.48. The second-order valence-corrected chi connectivity index (χ2v) is 12.7. The number of phosphoric acid groups is 1. The number of phosphoric ester groups is 1. The molecular formula is C25H32ClN6O8P. The Kier molecular flexibility index (Phi) is 8.14. The highest BCUT2D eigenvalue weighted by Gasteiger charge is 2.58. The monoisotopic (exact) mass is 610 g/mol. The van der Waals surface area contributed by atoms with Gasteiger partial charge in [0.15, 0.2) is 23.2 Å². The van der Waals surface area contributed by atoms with Gasteiger partial charge in [0, 0.05) is 11.4 Å². The SMILES string of the molecule is CC(C)[C@H](N)C(=O)[C@@H]1[C@H](CO[P@@]2(=O)OCC[C@@H](c3cccc(Cl)c3)O2)O[C@@H](n2cnc3nc(N)[nH]c(=O)c32)[C@]1(C)O. The molecule has 1 aromatic carbocycles. The largest absolute Gasteiger partial charge is 0.475 e. The van der Waals surface area contributed by atoms with E-state index < -0.39 is 61.8 Å². The number of Topliss-reactive ketones (excluding diaryl/α,β-unsaturated/α-hetero) is 1. The van der Waals surface area contributed by atoms with E-state index in [-0.39, 0.29) is 29.6 Å². The first-order valence-electron chi connectivity index (χ1n) is 13.0. The van der Waals surface area contributed by atoms with Crippen molar-refractivity contribution in [2.24, 2.45) is 17.6 Å². The number of nitrogens with zero attached hydrogens (tertiary/aromatic N) is 3. The standard InChI is InChI=1S/C25H32ClN6O8P/c1-12(2)18(27)20(33)17-16(10-38-41(36)37-8-7-15(40-41)13-5-4-6-14(26)9-13)39-23(25(17,3)35)32-11-29-21-19(32)22(34)31-24(28)30-21/h4-6,9,11-12,15-18,23,35H,7-8,10,27H2,1-3H3,(H3,28,30,31,34)/t15-,16-,17-,18-,23+,25+,41+/m0/s1. The van der Waals surface area contributed by atoms with Crippen LogP contribution in [0.2, 0.25) is 5.02 Å². The van der Waals surface area contributed by atoms with Gasteiger partial charge in [0.05, 0.1) is 37.4 Å². The maximum Gasteiger partial charge on any atom is 0.475 e. The van der Waals surface area contributed by atoms with Gasteiger partial charge >= 0.3 is 7.82 Å². The number of aromatic nitrogens is 4. The highest BCUT2D eigenvalue weighted by molar-refractivity contribution is 7.48. The summed E-state index contributed by atoms with van der Waals surface area (Å²) in [5, 5.41) is 12.3. The zero-order chi connectivity index (χ0) is 29.7. The molecule has 6 N–H and O–H groups in total. The van der Waals surface area contributed by atoms with Crippen molar-refractivity contribution in [1.82, 2.24) is 19.5 Å². The normalized spacial score (nSPS) is 31.1. The molecule has 0 spiro atoms. The molecule has 0 unspecified atom stereocenters. The summed E-state index contributed by atoms with van der Waals surface area (Å²) in [6.45, 7) is 4.56. The van der Waals surface area contributed by atoms with Crippen molar-refractivity contribution in [3.63, 3.8) is 0 Å². The van der Waals surface area contributed by atoms with E-state index in [1.807, 2.05) is 0 Å². The molecule has 0 bridgehead atoms. The Labute approximate surface area is 239 Å². The number of fused-ring (bicyclic) bond motifs is 1. The van der Waals surface area contributed by atoms with Crippen molar-refractivity contribution in [2.45, 2.75) is 57.3 Å². The summed E-state index contributed by atoms with van der Waals surface area (Å²) in [5.74, 6) is -2.14. The lowest BCUT2D eigenvalue weighted by molar-refractivity contribution is -0.134. The molecule has 4 heterocycles. The van der Waals surface area contributed by atoms with Crippen molar-refractivity contribution in [2.75, 3.05) is 18.9 Å². The fraction of sp³-hybridized carbons (Fsp3) is 0.520. The van der Waals surface area contributed by atoms with Crippen molar-refractivity contribution in [3.05, 3.63) is 51.5 Å². The number of nitrogens with one attached hydrogen (secondary N) is 1. The molecule has 2 aliphatic rings. The van der Waals surface area contributed by atoms with Gasteiger partial charge in [-0.25, -0.2) is 9.55 Å². The van der Waals surface area contributed by atoms with E-state index in [9.17, 15) is 19.3 Å². The molecular weight excluding hydrogens is 579 g/mol. The second kappa shape index (κ2) is 11.2. The van der Waals surface area contributed by atoms with Crippen LogP contribution in [0.25, 0.3) is 11.2 Å². The van der Waals surface area contributed by atoms with Crippen molar-refractivity contribution >= 4 is 42.3 Å². The number of H-pyrrole nitrogens is 1. The molecule has 2 aromatic heterocycles. The Morgan fingerprint density at radius 3 is 2.88 bits per heavy atom. The summed E-state index contributed by atoms with van der Waals surface area (Å²) < 4.78 is 37.7. The summed E-state index contributed by atoms with van der Waals surface area (Å²) in [5.41, 5.74) is 10.0. The number of aromatic amines is 1. The number of imidazole rings is 1. The molecule has 222 valence electrons. The maximum atomic E-state index is 13.6. The van der Waals surface area contributed by atoms with E-state index >= 15 is 0 Å². The first-order valence-corrected chi connectivity index (χ1v) is 14.9. The Morgan fingerprint density at radius 1 is 1.41 bits per heavy atom. The number of aliphatic hydroxyl groups is 1. The number of halogens is 1. The lowest BCUT2D eigenvalue weighted by Gasteiger charge is -2.32. The predicted molar refractivity (Wildman–Crippen MR) is 148 cm³/mol. The van der Waals surface area contributed by atoms with Crippen LogP contribution in [-0.2, 0) is 27.7 Å². The molecule has 5 rings (SSSR count). The molecule has 2 aliphatic heterocycles. The van der Waals surface area contributed by atoms with Gasteiger partial charge in [-0.15, -0.1) is 0 Å². The van der Waals surface area contributed by atoms with Crippen molar-refractivity contribution < 1.29 is 32.8 Å². The van der Waals surface area contributed by atoms with Crippen LogP contribution in [-0.4, -0.2) is 61.4 Å². The number of hydrogen-bond acceptors (Lipinski definition) is 12. The fourth-order valence-corrected chi connectivity index (χ4v) is 6.82. The number of hydrogen-bond donors (Lipinski definition) is 4. The van der Waals surface area contributed by atoms with Gasteiger partial charge in [-0.05, 0) is 30.5 Å². The van der Waals surface area contributed by atoms with E-state index in [1.54, 1.807) is 38.1 Å². The van der Waals surface area contributed by atoms with Gasteiger partial charge < -0.3 is 21.3 Å². The molecule has 0 amide bonds. The molecule has 0 aliphatic carbocycles. The van der Waals surface area contributed by atoms with Gasteiger partial charge in [-0.1, -0.05) is 37.6 Å². The topological polar surface area (TPSA) is 207 Å². The molecule has 14 nitrogen and oxygen atoms in total. The van der Waals surface area contributed by atoms with Gasteiger partial charge in [0.2, 0.25) is 5.95 Å². The minimum absolute atomic E-state index is 0.0209. The number of benzene rings is 1. The zero-order valence-electron chi connectivity index (χ0n) is 22.6. The number of anilines is 1. The summed E-state index contributed by atoms with van der Waals surface area (Å²) in [6.07, 6.45) is -1.40. The van der Waals surface area contributed by atoms with Crippen molar-refractivity contribution in [1.29, 1.82) is 0 Å². The van der Waals surface area contributed by atoms with Crippen LogP contribution in [0.5, 0.6) is 0 Å². The van der Waals surface area contributed by atoms with Crippen LogP contribution in [0, 0.1) is 11.8 Å². The van der Waals surface area contributed by atoms with Gasteiger partial charge in [0.25, 0.3) is 5.56 Å². The lowest BCUT2D eigenvalue weighted by Crippen LogP contribution is -2.51. The molecule has 0 saturated carbocycles. The number of ketones is 1. The average Bonchev–Trinajstić information content (AvgIpc) is 3.44. The van der Waals surface area contributed by atoms with Crippen LogP contribution < -0.4 is 17.0 Å². The molecule has 41 heavy (non-hydrogen) atoms. The summed E-state index contributed by atoms with van der Waals surface area (Å²) >= 11 is 6.10. The Bertz CT molecular complexity index is 1560. The number of nitrogens with two attached hydrogens (primary N) is 2. The quantitative estimate of drug-likeness (QED) is 0.271. The van der Waals surface area contributed by atoms with Gasteiger partial charge in [-0.2, -0.15) is 4.98 Å². The molecule has 2 saturated heterocycles. The van der Waals surface area contributed by atoms with Crippen LogP contribution >= 0.6 is 19.4 Å². The fourth-order valence-electron chi connectivity index (χ4n) is 5.23. The van der Waals surface area contributed by atoms with E-state index in [0.717, 1.165) is 0 Å². The Hall–Kier alpha value is -2.68. The molecule has 3 aromatic rings. The molecule has 2 fully saturated rings. The third-order valence-corrected chi connectivity index (χ3v) is 9.08. The Morgan fingerprint density at radius 2 is 2.17 bits per heavy atom. The lowest BCUT2D eigenvalue weighted by atomic mass is 9.78. The minimum atomic E-state index is -4.12. The van der Waals surface area contributed by atoms with Crippen LogP contribution in [0.15, 0.2) is 35.4 Å². The van der Waals surface area contributed by atoms with Gasteiger partial charge in [0.1, 0.15) is 11.9 Å². The number of nitrogen functional groups attached to an aromatic ring is 1. The third-order valence-electron chi connectivity index (χ3n) is 7.37. The van der Waals surface area contributed by atoms with Gasteiger partial charge in [-0.3, -0.25) is 32.7 Å². The first-order chi connectivity index (χ1) is 19.3. The van der Waals surface area contributed by atoms with E-state index in [1.165, 1.54) is 17.8 Å². The summed E-state index contributed by atoms with van der Waals surface area (Å²) in [7, 11) is -4.12. The zero-order valence-corrected chi connectivity index (χ0v) is 24.2.